The van der Waals surface area contributed by atoms with Crippen molar-refractivity contribution in [1.29, 1.82) is 0 Å². The second kappa shape index (κ2) is 11.2. The van der Waals surface area contributed by atoms with Crippen LogP contribution in [-0.2, 0) is 11.8 Å². The molecule has 2 N–H and O–H groups in total. The standard InChI is InChI=1S/C26H26N6O4S/c1-16(2)23(28-25(34)19-9-6-10-21(14-19)32(35)36)24-29-30-26(31(24)3)37-15-22(33)27-20-12-11-17-7-4-5-8-18(17)13-20/h4-14,16,23H,15H2,1-3H3,(H,27,33)(H,28,34)/t23-/m1/s1. The minimum atomic E-state index is -0.543. The van der Waals surface area contributed by atoms with E-state index in [1.54, 1.807) is 11.6 Å². The first-order chi connectivity index (χ1) is 17.7. The summed E-state index contributed by atoms with van der Waals surface area (Å²) >= 11 is 1.24. The quantitative estimate of drug-likeness (QED) is 0.186. The molecule has 11 heteroatoms. The molecule has 0 saturated carbocycles. The van der Waals surface area contributed by atoms with E-state index < -0.39 is 16.9 Å². The molecule has 190 valence electrons. The number of carbonyl (C=O) groups excluding carboxylic acids is 2. The van der Waals surface area contributed by atoms with Crippen molar-refractivity contribution < 1.29 is 14.5 Å². The summed E-state index contributed by atoms with van der Waals surface area (Å²) in [5.41, 5.74) is 0.738. The Balaban J connectivity index is 1.41. The fourth-order valence-electron chi connectivity index (χ4n) is 3.83. The first-order valence-corrected chi connectivity index (χ1v) is 12.6. The van der Waals surface area contributed by atoms with Gasteiger partial charge in [0.15, 0.2) is 11.0 Å². The molecule has 0 spiro atoms. The van der Waals surface area contributed by atoms with E-state index >= 15 is 0 Å². The number of nitrogens with zero attached hydrogens (tertiary/aromatic N) is 4. The monoisotopic (exact) mass is 518 g/mol. The van der Waals surface area contributed by atoms with Crippen LogP contribution in [0.15, 0.2) is 71.9 Å². The van der Waals surface area contributed by atoms with Crippen molar-refractivity contribution in [2.24, 2.45) is 13.0 Å². The highest BCUT2D eigenvalue weighted by Gasteiger charge is 2.26. The zero-order valence-electron chi connectivity index (χ0n) is 20.5. The molecule has 0 bridgehead atoms. The molecule has 2 amide bonds. The molecule has 0 fully saturated rings. The molecular formula is C26H26N6O4S. The Morgan fingerprint density at radius 3 is 2.51 bits per heavy atom. The molecule has 10 nitrogen and oxygen atoms in total. The summed E-state index contributed by atoms with van der Waals surface area (Å²) in [6, 6.07) is 18.7. The lowest BCUT2D eigenvalue weighted by Gasteiger charge is -2.21. The van der Waals surface area contributed by atoms with Crippen molar-refractivity contribution in [3.8, 4) is 0 Å². The Morgan fingerprint density at radius 1 is 1.03 bits per heavy atom. The van der Waals surface area contributed by atoms with E-state index in [-0.39, 0.29) is 28.8 Å². The normalized spacial score (nSPS) is 11.9. The molecule has 4 aromatic rings. The molecule has 37 heavy (non-hydrogen) atoms. The number of aromatic nitrogens is 3. The van der Waals surface area contributed by atoms with Crippen molar-refractivity contribution in [3.63, 3.8) is 0 Å². The number of thioether (sulfide) groups is 1. The number of amides is 2. The summed E-state index contributed by atoms with van der Waals surface area (Å²) in [4.78, 5) is 35.9. The third-order valence-electron chi connectivity index (χ3n) is 5.78. The number of fused-ring (bicyclic) bond motifs is 1. The number of hydrogen-bond donors (Lipinski definition) is 2. The van der Waals surface area contributed by atoms with Gasteiger partial charge in [0.2, 0.25) is 5.91 Å². The van der Waals surface area contributed by atoms with E-state index in [2.05, 4.69) is 20.8 Å². The van der Waals surface area contributed by atoms with E-state index in [4.69, 9.17) is 0 Å². The highest BCUT2D eigenvalue weighted by Crippen LogP contribution is 2.25. The molecule has 0 saturated heterocycles. The van der Waals surface area contributed by atoms with Gasteiger partial charge in [-0.2, -0.15) is 0 Å². The summed E-state index contributed by atoms with van der Waals surface area (Å²) in [7, 11) is 1.77. The van der Waals surface area contributed by atoms with Gasteiger partial charge in [0.25, 0.3) is 11.6 Å². The number of anilines is 1. The highest BCUT2D eigenvalue weighted by molar-refractivity contribution is 7.99. The average molecular weight is 519 g/mol. The minimum Gasteiger partial charge on any atom is -0.342 e. The molecule has 1 heterocycles. The van der Waals surface area contributed by atoms with Crippen LogP contribution in [0.5, 0.6) is 0 Å². The fourth-order valence-corrected chi connectivity index (χ4v) is 4.55. The van der Waals surface area contributed by atoms with Gasteiger partial charge in [0.1, 0.15) is 0 Å². The lowest BCUT2D eigenvalue weighted by molar-refractivity contribution is -0.384. The molecular weight excluding hydrogens is 492 g/mol. The number of nitro groups is 1. The Kier molecular flexibility index (Phi) is 7.83. The van der Waals surface area contributed by atoms with Gasteiger partial charge in [-0.3, -0.25) is 19.7 Å². The Bertz CT molecular complexity index is 1470. The second-order valence-electron chi connectivity index (χ2n) is 8.80. The highest BCUT2D eigenvalue weighted by atomic mass is 32.2. The van der Waals surface area contributed by atoms with Crippen LogP contribution >= 0.6 is 11.8 Å². The number of non-ortho nitro benzene ring substituents is 1. The van der Waals surface area contributed by atoms with Crippen molar-refractivity contribution >= 4 is 45.7 Å². The summed E-state index contributed by atoms with van der Waals surface area (Å²) in [5.74, 6) is -0.0186. The first-order valence-electron chi connectivity index (χ1n) is 11.6. The summed E-state index contributed by atoms with van der Waals surface area (Å²) in [6.07, 6.45) is 0. The van der Waals surface area contributed by atoms with E-state index in [0.29, 0.717) is 16.7 Å². The smallest absolute Gasteiger partial charge is 0.270 e. The van der Waals surface area contributed by atoms with E-state index in [0.717, 1.165) is 10.8 Å². The van der Waals surface area contributed by atoms with Crippen molar-refractivity contribution in [2.45, 2.75) is 25.0 Å². The Labute approximate surface area is 217 Å². The summed E-state index contributed by atoms with van der Waals surface area (Å²) in [6.45, 7) is 3.85. The zero-order valence-corrected chi connectivity index (χ0v) is 21.4. The summed E-state index contributed by atoms with van der Waals surface area (Å²) in [5, 5.41) is 28.0. The Hall–Kier alpha value is -4.25. The third kappa shape index (κ3) is 6.12. The van der Waals surface area contributed by atoms with Gasteiger partial charge in [-0.15, -0.1) is 10.2 Å². The van der Waals surface area contributed by atoms with E-state index in [9.17, 15) is 19.7 Å². The van der Waals surface area contributed by atoms with Gasteiger partial charge in [0, 0.05) is 30.4 Å². The molecule has 0 aliphatic rings. The van der Waals surface area contributed by atoms with Crippen LogP contribution < -0.4 is 10.6 Å². The van der Waals surface area contributed by atoms with Gasteiger partial charge in [0.05, 0.1) is 16.7 Å². The van der Waals surface area contributed by atoms with Crippen LogP contribution in [0.3, 0.4) is 0 Å². The molecule has 1 atom stereocenters. The van der Waals surface area contributed by atoms with E-state index in [1.807, 2.05) is 56.3 Å². The average Bonchev–Trinajstić information content (AvgIpc) is 3.25. The molecule has 1 aromatic heterocycles. The van der Waals surface area contributed by atoms with Crippen LogP contribution in [0.1, 0.15) is 36.1 Å². The lowest BCUT2D eigenvalue weighted by atomic mass is 10.0. The topological polar surface area (TPSA) is 132 Å². The predicted octanol–water partition coefficient (Wildman–Crippen LogP) is 4.73. The minimum absolute atomic E-state index is 0.0420. The number of hydrogen-bond acceptors (Lipinski definition) is 7. The molecule has 0 unspecified atom stereocenters. The number of nitro benzene ring substituents is 1. The van der Waals surface area contributed by atoms with Crippen molar-refractivity contribution in [2.75, 3.05) is 11.1 Å². The van der Waals surface area contributed by atoms with Gasteiger partial charge in [-0.25, -0.2) is 0 Å². The maximum atomic E-state index is 12.8. The molecule has 3 aromatic carbocycles. The van der Waals surface area contributed by atoms with Crippen LogP contribution in [0.4, 0.5) is 11.4 Å². The number of benzene rings is 3. The summed E-state index contributed by atoms with van der Waals surface area (Å²) < 4.78 is 1.74. The van der Waals surface area contributed by atoms with Gasteiger partial charge >= 0.3 is 0 Å². The lowest BCUT2D eigenvalue weighted by Crippen LogP contribution is -2.33. The zero-order chi connectivity index (χ0) is 26.5. The maximum absolute atomic E-state index is 12.8. The Morgan fingerprint density at radius 2 is 1.78 bits per heavy atom. The van der Waals surface area contributed by atoms with Crippen molar-refractivity contribution in [3.05, 3.63) is 88.2 Å². The van der Waals surface area contributed by atoms with Gasteiger partial charge in [-0.05, 0) is 34.9 Å². The van der Waals surface area contributed by atoms with Gasteiger partial charge in [-0.1, -0.05) is 62.0 Å². The van der Waals surface area contributed by atoms with Gasteiger partial charge < -0.3 is 15.2 Å². The molecule has 0 aliphatic heterocycles. The largest absolute Gasteiger partial charge is 0.342 e. The molecule has 4 rings (SSSR count). The van der Waals surface area contributed by atoms with Crippen LogP contribution in [-0.4, -0.2) is 37.3 Å². The second-order valence-corrected chi connectivity index (χ2v) is 9.74. The molecule has 0 radical (unpaired) electrons. The number of rotatable bonds is 9. The van der Waals surface area contributed by atoms with Crippen LogP contribution in [0.25, 0.3) is 10.8 Å². The van der Waals surface area contributed by atoms with Crippen LogP contribution in [0, 0.1) is 16.0 Å². The SMILES string of the molecule is CC(C)[C@@H](NC(=O)c1cccc([N+](=O)[O-])c1)c1nnc(SCC(=O)Nc2ccc3ccccc3c2)n1C. The number of nitrogens with one attached hydrogen (secondary N) is 2. The predicted molar refractivity (Wildman–Crippen MR) is 142 cm³/mol. The third-order valence-corrected chi connectivity index (χ3v) is 6.80. The van der Waals surface area contributed by atoms with E-state index in [1.165, 1.54) is 36.0 Å². The fraction of sp³-hybridized carbons (Fsp3) is 0.231. The van der Waals surface area contributed by atoms with Crippen molar-refractivity contribution in [1.82, 2.24) is 20.1 Å². The van der Waals surface area contributed by atoms with Crippen LogP contribution in [0.2, 0.25) is 0 Å². The number of carbonyl (C=O) groups is 2. The first kappa shape index (κ1) is 25.8. The maximum Gasteiger partial charge on any atom is 0.270 e. The molecule has 0 aliphatic carbocycles.